The summed E-state index contributed by atoms with van der Waals surface area (Å²) in [6.07, 6.45) is 4.80. The quantitative estimate of drug-likeness (QED) is 0.394. The molecule has 0 bridgehead atoms. The maximum absolute atomic E-state index is 12.6. The number of hydrogen-bond donors (Lipinski definition) is 2. The topological polar surface area (TPSA) is 98.7 Å². The van der Waals surface area contributed by atoms with Gasteiger partial charge in [-0.25, -0.2) is 4.98 Å². The normalized spacial score (nSPS) is 13.6. The highest BCUT2D eigenvalue weighted by molar-refractivity contribution is 7.99. The predicted octanol–water partition coefficient (Wildman–Crippen LogP) is 4.77. The van der Waals surface area contributed by atoms with Gasteiger partial charge in [-0.15, -0.1) is 21.5 Å². The van der Waals surface area contributed by atoms with Gasteiger partial charge in [0.05, 0.1) is 16.3 Å². The van der Waals surface area contributed by atoms with Crippen LogP contribution in [-0.4, -0.2) is 31.4 Å². The minimum absolute atomic E-state index is 0.0524. The number of aryl methyl sites for hydroxylation is 1. The van der Waals surface area contributed by atoms with Crippen molar-refractivity contribution in [2.24, 2.45) is 0 Å². The number of rotatable bonds is 7. The minimum Gasteiger partial charge on any atom is -0.397 e. The van der Waals surface area contributed by atoms with Gasteiger partial charge in [0, 0.05) is 23.3 Å². The van der Waals surface area contributed by atoms with Crippen LogP contribution in [0.2, 0.25) is 0 Å². The van der Waals surface area contributed by atoms with Crippen LogP contribution in [0.25, 0.3) is 20.9 Å². The number of aromatic nitrogens is 4. The molecule has 1 amide bonds. The number of amides is 1. The van der Waals surface area contributed by atoms with Gasteiger partial charge in [-0.2, -0.15) is 0 Å². The SMILES string of the molecule is CCc1ccccc1NC(=O)CSc1nnc(-c2sc3ncccc3c2N)n1C1CC1. The van der Waals surface area contributed by atoms with Gasteiger partial charge in [-0.1, -0.05) is 36.9 Å². The molecule has 1 aliphatic carbocycles. The fraction of sp³-hybridized carbons (Fsp3) is 0.273. The summed E-state index contributed by atoms with van der Waals surface area (Å²) in [6.45, 7) is 2.08. The van der Waals surface area contributed by atoms with Gasteiger partial charge in [0.2, 0.25) is 5.91 Å². The molecular formula is C22H22N6OS2. The molecule has 3 aromatic heterocycles. The largest absolute Gasteiger partial charge is 0.397 e. The molecular weight excluding hydrogens is 428 g/mol. The van der Waals surface area contributed by atoms with Crippen molar-refractivity contribution < 1.29 is 4.79 Å². The molecule has 7 nitrogen and oxygen atoms in total. The van der Waals surface area contributed by atoms with Crippen molar-refractivity contribution in [3.05, 3.63) is 48.2 Å². The van der Waals surface area contributed by atoms with Crippen LogP contribution in [0.5, 0.6) is 0 Å². The van der Waals surface area contributed by atoms with Gasteiger partial charge in [-0.3, -0.25) is 9.36 Å². The van der Waals surface area contributed by atoms with Crippen molar-refractivity contribution in [2.75, 3.05) is 16.8 Å². The van der Waals surface area contributed by atoms with Gasteiger partial charge >= 0.3 is 0 Å². The van der Waals surface area contributed by atoms with Gasteiger partial charge in [0.25, 0.3) is 0 Å². The molecule has 0 radical (unpaired) electrons. The van der Waals surface area contributed by atoms with Crippen molar-refractivity contribution in [3.63, 3.8) is 0 Å². The molecule has 0 atom stereocenters. The van der Waals surface area contributed by atoms with Gasteiger partial charge in [-0.05, 0) is 43.0 Å². The summed E-state index contributed by atoms with van der Waals surface area (Å²) in [6, 6.07) is 12.1. The third-order valence-corrected chi connectivity index (χ3v) is 7.36. The number of anilines is 2. The summed E-state index contributed by atoms with van der Waals surface area (Å²) in [5.74, 6) is 0.984. The number of nitrogens with one attached hydrogen (secondary N) is 1. The van der Waals surface area contributed by atoms with Crippen molar-refractivity contribution >= 4 is 50.6 Å². The number of pyridine rings is 1. The lowest BCUT2D eigenvalue weighted by Gasteiger charge is -2.10. The Balaban J connectivity index is 1.38. The molecule has 1 aliphatic rings. The van der Waals surface area contributed by atoms with Crippen molar-refractivity contribution in [2.45, 2.75) is 37.4 Å². The fourth-order valence-corrected chi connectivity index (χ4v) is 5.43. The van der Waals surface area contributed by atoms with Crippen LogP contribution in [0.1, 0.15) is 31.4 Å². The van der Waals surface area contributed by atoms with E-state index >= 15 is 0 Å². The number of hydrogen-bond acceptors (Lipinski definition) is 7. The Labute approximate surface area is 188 Å². The summed E-state index contributed by atoms with van der Waals surface area (Å²) in [7, 11) is 0. The summed E-state index contributed by atoms with van der Waals surface area (Å²) < 4.78 is 2.14. The van der Waals surface area contributed by atoms with Crippen molar-refractivity contribution in [3.8, 4) is 10.7 Å². The second-order valence-electron chi connectivity index (χ2n) is 7.46. The number of thiophene rings is 1. The number of benzene rings is 1. The molecule has 158 valence electrons. The third kappa shape index (κ3) is 3.90. The molecule has 0 unspecified atom stereocenters. The van der Waals surface area contributed by atoms with E-state index in [1.165, 1.54) is 23.1 Å². The molecule has 1 saturated carbocycles. The molecule has 5 rings (SSSR count). The van der Waals surface area contributed by atoms with Crippen LogP contribution in [0.3, 0.4) is 0 Å². The van der Waals surface area contributed by atoms with E-state index in [1.54, 1.807) is 6.20 Å². The van der Waals surface area contributed by atoms with E-state index in [4.69, 9.17) is 5.73 Å². The highest BCUT2D eigenvalue weighted by atomic mass is 32.2. The van der Waals surface area contributed by atoms with Crippen LogP contribution in [0, 0.1) is 0 Å². The monoisotopic (exact) mass is 450 g/mol. The molecule has 0 aliphatic heterocycles. The lowest BCUT2D eigenvalue weighted by atomic mass is 10.1. The Kier molecular flexibility index (Phi) is 5.37. The first kappa shape index (κ1) is 20.0. The minimum atomic E-state index is -0.0524. The molecule has 0 saturated heterocycles. The number of thioether (sulfide) groups is 1. The van der Waals surface area contributed by atoms with Crippen LogP contribution in [0.15, 0.2) is 47.8 Å². The molecule has 31 heavy (non-hydrogen) atoms. The van der Waals surface area contributed by atoms with E-state index < -0.39 is 0 Å². The molecule has 3 heterocycles. The Morgan fingerprint density at radius 3 is 2.87 bits per heavy atom. The first-order valence-corrected chi connectivity index (χ1v) is 12.0. The summed E-state index contributed by atoms with van der Waals surface area (Å²) in [4.78, 5) is 18.8. The summed E-state index contributed by atoms with van der Waals surface area (Å²) in [5, 5.41) is 13.6. The zero-order valence-corrected chi connectivity index (χ0v) is 18.7. The number of nitrogens with two attached hydrogens (primary N) is 1. The maximum Gasteiger partial charge on any atom is 0.234 e. The van der Waals surface area contributed by atoms with Gasteiger partial charge in [0.15, 0.2) is 11.0 Å². The molecule has 4 aromatic rings. The highest BCUT2D eigenvalue weighted by Gasteiger charge is 2.32. The third-order valence-electron chi connectivity index (χ3n) is 5.29. The number of carbonyl (C=O) groups is 1. The molecule has 1 aromatic carbocycles. The number of nitrogen functional groups attached to an aromatic ring is 1. The fourth-order valence-electron chi connectivity index (χ4n) is 3.58. The van der Waals surface area contributed by atoms with E-state index in [-0.39, 0.29) is 11.7 Å². The Hall–Kier alpha value is -2.91. The Morgan fingerprint density at radius 1 is 1.26 bits per heavy atom. The average molecular weight is 451 g/mol. The van der Waals surface area contributed by atoms with E-state index in [0.29, 0.717) is 11.7 Å². The zero-order chi connectivity index (χ0) is 21.4. The molecule has 3 N–H and O–H groups in total. The standard InChI is InChI=1S/C22H22N6OS2/c1-2-13-6-3-4-8-16(13)25-17(29)12-30-22-27-26-20(28(22)14-9-10-14)19-18(23)15-7-5-11-24-21(15)31-19/h3-8,11,14H,2,9-10,12,23H2,1H3,(H,25,29). The lowest BCUT2D eigenvalue weighted by molar-refractivity contribution is -0.113. The number of carbonyl (C=O) groups excluding carboxylic acids is 1. The first-order valence-electron chi connectivity index (χ1n) is 10.2. The van der Waals surface area contributed by atoms with Crippen molar-refractivity contribution in [1.82, 2.24) is 19.7 Å². The predicted molar refractivity (Wildman–Crippen MR) is 126 cm³/mol. The lowest BCUT2D eigenvalue weighted by Crippen LogP contribution is -2.15. The highest BCUT2D eigenvalue weighted by Crippen LogP contribution is 2.45. The first-order chi connectivity index (χ1) is 15.2. The molecule has 0 spiro atoms. The van der Waals surface area contributed by atoms with Crippen LogP contribution < -0.4 is 11.1 Å². The summed E-state index contributed by atoms with van der Waals surface area (Å²) in [5.41, 5.74) is 9.10. The maximum atomic E-state index is 12.6. The van der Waals surface area contributed by atoms with Gasteiger partial charge < -0.3 is 11.1 Å². The van der Waals surface area contributed by atoms with E-state index in [0.717, 1.165) is 56.6 Å². The smallest absolute Gasteiger partial charge is 0.234 e. The Morgan fingerprint density at radius 2 is 2.10 bits per heavy atom. The second kappa shape index (κ2) is 8.32. The van der Waals surface area contributed by atoms with Crippen LogP contribution in [0.4, 0.5) is 11.4 Å². The van der Waals surface area contributed by atoms with Crippen LogP contribution >= 0.6 is 23.1 Å². The van der Waals surface area contributed by atoms with Crippen molar-refractivity contribution in [1.29, 1.82) is 0 Å². The van der Waals surface area contributed by atoms with E-state index in [1.807, 2.05) is 36.4 Å². The van der Waals surface area contributed by atoms with Gasteiger partial charge in [0.1, 0.15) is 4.83 Å². The van der Waals surface area contributed by atoms with Crippen LogP contribution in [-0.2, 0) is 11.2 Å². The Bertz CT molecular complexity index is 1260. The number of nitrogens with zero attached hydrogens (tertiary/aromatic N) is 4. The number of fused-ring (bicyclic) bond motifs is 1. The van der Waals surface area contributed by atoms with E-state index in [9.17, 15) is 4.79 Å². The second-order valence-corrected chi connectivity index (χ2v) is 9.40. The zero-order valence-electron chi connectivity index (χ0n) is 17.0. The van der Waals surface area contributed by atoms with E-state index in [2.05, 4.69) is 32.0 Å². The average Bonchev–Trinajstić information content (AvgIpc) is 3.46. The number of para-hydroxylation sites is 1. The molecule has 1 fully saturated rings. The molecule has 9 heteroatoms. The summed E-state index contributed by atoms with van der Waals surface area (Å²) >= 11 is 2.94.